The largest absolute Gasteiger partial charge is 0.456 e. The molecule has 20 heavy (non-hydrogen) atoms. The summed E-state index contributed by atoms with van der Waals surface area (Å²) in [6.45, 7) is 0.699. The van der Waals surface area contributed by atoms with Gasteiger partial charge in [0.05, 0.1) is 12.5 Å². The summed E-state index contributed by atoms with van der Waals surface area (Å²) in [6, 6.07) is 2.87. The maximum atomic E-state index is 12.7. The molecule has 1 aromatic rings. The molecule has 4 nitrogen and oxygen atoms in total. The Bertz CT molecular complexity index is 495. The third kappa shape index (κ3) is 3.47. The van der Waals surface area contributed by atoms with E-state index in [0.717, 1.165) is 0 Å². The molecule has 1 saturated heterocycles. The molecular formula is C13H14F3NO3. The highest BCUT2D eigenvalue weighted by Crippen LogP contribution is 2.33. The molecule has 0 N–H and O–H groups in total. The number of carbonyl (C=O) groups is 2. The number of halogens is 3. The first-order valence-corrected chi connectivity index (χ1v) is 6.27. The minimum Gasteiger partial charge on any atom is -0.456 e. The van der Waals surface area contributed by atoms with Crippen LogP contribution in [0.3, 0.4) is 0 Å². The first kappa shape index (κ1) is 14.8. The molecular weight excluding hydrogens is 275 g/mol. The zero-order valence-electron chi connectivity index (χ0n) is 10.7. The lowest BCUT2D eigenvalue weighted by molar-refractivity contribution is -0.187. The van der Waals surface area contributed by atoms with Gasteiger partial charge in [0.25, 0.3) is 5.78 Å². The molecule has 1 unspecified atom stereocenters. The quantitative estimate of drug-likeness (QED) is 0.485. The van der Waals surface area contributed by atoms with E-state index in [0.29, 0.717) is 18.7 Å². The van der Waals surface area contributed by atoms with Crippen molar-refractivity contribution in [2.75, 3.05) is 13.1 Å². The number of carbonyl (C=O) groups excluding carboxylic acids is 2. The lowest BCUT2D eigenvalue weighted by Crippen LogP contribution is -2.41. The summed E-state index contributed by atoms with van der Waals surface area (Å²) in [5, 5.41) is 0. The predicted molar refractivity (Wildman–Crippen MR) is 63.2 cm³/mol. The van der Waals surface area contributed by atoms with Gasteiger partial charge >= 0.3 is 6.18 Å². The van der Waals surface area contributed by atoms with Crippen molar-refractivity contribution >= 4 is 12.1 Å². The average Bonchev–Trinajstić information content (AvgIpc) is 2.85. The first-order valence-electron chi connectivity index (χ1n) is 6.27. The van der Waals surface area contributed by atoms with Crippen LogP contribution in [0.2, 0.25) is 0 Å². The highest BCUT2D eigenvalue weighted by Gasteiger charge is 2.41. The molecule has 7 heteroatoms. The molecule has 110 valence electrons. The van der Waals surface area contributed by atoms with E-state index in [2.05, 4.69) is 0 Å². The number of furan rings is 1. The SMILES string of the molecule is O=CC(=O)c1ccc(CN2CCCC(C(F)(F)F)C2)o1. The molecule has 0 saturated carbocycles. The number of likely N-dealkylation sites (tertiary alicyclic amines) is 1. The molecule has 1 aliphatic heterocycles. The fourth-order valence-corrected chi connectivity index (χ4v) is 2.34. The molecule has 1 atom stereocenters. The Kier molecular flexibility index (Phi) is 4.27. The van der Waals surface area contributed by atoms with Crippen LogP contribution in [0.25, 0.3) is 0 Å². The number of hydrogen-bond acceptors (Lipinski definition) is 4. The zero-order valence-corrected chi connectivity index (χ0v) is 10.7. The normalized spacial score (nSPS) is 20.9. The zero-order chi connectivity index (χ0) is 14.8. The maximum Gasteiger partial charge on any atom is 0.393 e. The van der Waals surface area contributed by atoms with Crippen molar-refractivity contribution < 1.29 is 27.2 Å². The lowest BCUT2D eigenvalue weighted by Gasteiger charge is -2.33. The van der Waals surface area contributed by atoms with Crippen molar-refractivity contribution in [3.63, 3.8) is 0 Å². The number of alkyl halides is 3. The Hall–Kier alpha value is -1.63. The molecule has 1 fully saturated rings. The van der Waals surface area contributed by atoms with E-state index in [1.165, 1.54) is 12.1 Å². The monoisotopic (exact) mass is 289 g/mol. The van der Waals surface area contributed by atoms with Gasteiger partial charge in [-0.15, -0.1) is 0 Å². The van der Waals surface area contributed by atoms with Gasteiger partial charge in [-0.25, -0.2) is 0 Å². The molecule has 0 spiro atoms. The van der Waals surface area contributed by atoms with Crippen LogP contribution in [0.4, 0.5) is 13.2 Å². The summed E-state index contributed by atoms with van der Waals surface area (Å²) < 4.78 is 43.2. The third-order valence-electron chi connectivity index (χ3n) is 3.36. The Morgan fingerprint density at radius 1 is 1.45 bits per heavy atom. The first-order chi connectivity index (χ1) is 9.40. The summed E-state index contributed by atoms with van der Waals surface area (Å²) in [7, 11) is 0. The van der Waals surface area contributed by atoms with Crippen LogP contribution < -0.4 is 0 Å². The van der Waals surface area contributed by atoms with Gasteiger partial charge < -0.3 is 4.42 Å². The molecule has 0 amide bonds. The second kappa shape index (κ2) is 5.78. The van der Waals surface area contributed by atoms with Crippen LogP contribution in [0.15, 0.2) is 16.5 Å². The molecule has 2 rings (SSSR count). The topological polar surface area (TPSA) is 50.5 Å². The second-order valence-corrected chi connectivity index (χ2v) is 4.86. The van der Waals surface area contributed by atoms with E-state index in [4.69, 9.17) is 4.42 Å². The highest BCUT2D eigenvalue weighted by atomic mass is 19.4. The van der Waals surface area contributed by atoms with E-state index >= 15 is 0 Å². The molecule has 2 heterocycles. The smallest absolute Gasteiger partial charge is 0.393 e. The Morgan fingerprint density at radius 3 is 2.85 bits per heavy atom. The van der Waals surface area contributed by atoms with Gasteiger partial charge in [0.15, 0.2) is 12.0 Å². The summed E-state index contributed by atoms with van der Waals surface area (Å²) in [4.78, 5) is 23.0. The van der Waals surface area contributed by atoms with Gasteiger partial charge in [-0.05, 0) is 31.5 Å². The van der Waals surface area contributed by atoms with E-state index in [9.17, 15) is 22.8 Å². The molecule has 0 radical (unpaired) electrons. The van der Waals surface area contributed by atoms with Gasteiger partial charge in [0.1, 0.15) is 5.76 Å². The Morgan fingerprint density at radius 2 is 2.20 bits per heavy atom. The van der Waals surface area contributed by atoms with Crippen molar-refractivity contribution in [3.05, 3.63) is 23.7 Å². The number of ketones is 1. The van der Waals surface area contributed by atoms with Crippen molar-refractivity contribution in [3.8, 4) is 0 Å². The minimum atomic E-state index is -4.18. The molecule has 1 aliphatic rings. The highest BCUT2D eigenvalue weighted by molar-refractivity contribution is 6.32. The molecule has 0 aliphatic carbocycles. The van der Waals surface area contributed by atoms with Gasteiger partial charge in [0.2, 0.25) is 0 Å². The van der Waals surface area contributed by atoms with Crippen LogP contribution in [-0.2, 0) is 11.3 Å². The maximum absolute atomic E-state index is 12.7. The van der Waals surface area contributed by atoms with Crippen LogP contribution in [0.5, 0.6) is 0 Å². The van der Waals surface area contributed by atoms with Gasteiger partial charge in [0, 0.05) is 6.54 Å². The van der Waals surface area contributed by atoms with Crippen molar-refractivity contribution in [2.45, 2.75) is 25.6 Å². The van der Waals surface area contributed by atoms with E-state index in [-0.39, 0.29) is 31.6 Å². The van der Waals surface area contributed by atoms with Crippen LogP contribution >= 0.6 is 0 Å². The van der Waals surface area contributed by atoms with Gasteiger partial charge in [-0.1, -0.05) is 0 Å². The lowest BCUT2D eigenvalue weighted by atomic mass is 9.97. The number of piperidine rings is 1. The summed E-state index contributed by atoms with van der Waals surface area (Å²) in [5.41, 5.74) is 0. The van der Waals surface area contributed by atoms with E-state index in [1.54, 1.807) is 4.90 Å². The van der Waals surface area contributed by atoms with E-state index in [1.807, 2.05) is 0 Å². The van der Waals surface area contributed by atoms with E-state index < -0.39 is 17.9 Å². The second-order valence-electron chi connectivity index (χ2n) is 4.86. The Labute approximate surface area is 113 Å². The van der Waals surface area contributed by atoms with Gasteiger partial charge in [-0.2, -0.15) is 13.2 Å². The fraction of sp³-hybridized carbons (Fsp3) is 0.538. The fourth-order valence-electron chi connectivity index (χ4n) is 2.34. The summed E-state index contributed by atoms with van der Waals surface area (Å²) in [5.74, 6) is -1.79. The minimum absolute atomic E-state index is 0.0683. The molecule has 0 bridgehead atoms. The third-order valence-corrected chi connectivity index (χ3v) is 3.36. The number of rotatable bonds is 4. The van der Waals surface area contributed by atoms with Crippen LogP contribution in [-0.4, -0.2) is 36.2 Å². The van der Waals surface area contributed by atoms with Crippen molar-refractivity contribution in [2.24, 2.45) is 5.92 Å². The van der Waals surface area contributed by atoms with Crippen LogP contribution in [0, 0.1) is 5.92 Å². The van der Waals surface area contributed by atoms with Crippen molar-refractivity contribution in [1.82, 2.24) is 4.90 Å². The average molecular weight is 289 g/mol. The number of Topliss-reactive ketones (excluding diaryl/α,β-unsaturated/α-hetero) is 1. The van der Waals surface area contributed by atoms with Gasteiger partial charge in [-0.3, -0.25) is 14.5 Å². The molecule has 0 aromatic carbocycles. The number of hydrogen-bond donors (Lipinski definition) is 0. The number of nitrogens with zero attached hydrogens (tertiary/aromatic N) is 1. The van der Waals surface area contributed by atoms with Crippen molar-refractivity contribution in [1.29, 1.82) is 0 Å². The number of aldehydes is 1. The summed E-state index contributed by atoms with van der Waals surface area (Å²) >= 11 is 0. The predicted octanol–water partition coefficient (Wildman–Crippen LogP) is 2.44. The Balaban J connectivity index is 1.97. The molecule has 1 aromatic heterocycles. The summed E-state index contributed by atoms with van der Waals surface area (Å²) in [6.07, 6.45) is -3.41. The van der Waals surface area contributed by atoms with Crippen LogP contribution in [0.1, 0.15) is 29.2 Å². The standard InChI is InChI=1S/C13H14F3NO3/c14-13(15,16)9-2-1-5-17(6-9)7-10-3-4-12(20-10)11(19)8-18/h3-4,8-9H,1-2,5-7H2.